The third-order valence-corrected chi connectivity index (χ3v) is 3.03. The Labute approximate surface area is 135 Å². The number of esters is 1. The molecule has 2 rings (SSSR count). The Bertz CT molecular complexity index is 687. The molecule has 0 saturated carbocycles. The number of aromatic nitrogens is 1. The van der Waals surface area contributed by atoms with Crippen LogP contribution in [0.25, 0.3) is 0 Å². The third-order valence-electron chi connectivity index (χ3n) is 2.50. The van der Waals surface area contributed by atoms with Gasteiger partial charge in [0, 0.05) is 6.20 Å². The minimum Gasteiger partial charge on any atom is -0.452 e. The second-order valence-corrected chi connectivity index (χ2v) is 4.93. The van der Waals surface area contributed by atoms with Crippen LogP contribution in [0.3, 0.4) is 0 Å². The number of halogens is 3. The Morgan fingerprint density at radius 1 is 1.23 bits per heavy atom. The average Bonchev–Trinajstić information content (AvgIpc) is 2.47. The van der Waals surface area contributed by atoms with E-state index in [2.05, 4.69) is 10.3 Å². The maximum Gasteiger partial charge on any atom is 0.343 e. The molecule has 5 nitrogen and oxygen atoms in total. The molecule has 22 heavy (non-hydrogen) atoms. The fraction of sp³-hybridized carbons (Fsp3) is 0.0714. The number of rotatable bonds is 4. The van der Waals surface area contributed by atoms with E-state index in [1.807, 2.05) is 0 Å². The lowest BCUT2D eigenvalue weighted by molar-refractivity contribution is -0.119. The summed E-state index contributed by atoms with van der Waals surface area (Å²) in [6.07, 6.45) is 1.35. The van der Waals surface area contributed by atoms with Gasteiger partial charge in [-0.25, -0.2) is 14.2 Å². The first kappa shape index (κ1) is 16.2. The van der Waals surface area contributed by atoms with Gasteiger partial charge in [0.05, 0.1) is 10.0 Å². The Morgan fingerprint density at radius 2 is 2.00 bits per heavy atom. The van der Waals surface area contributed by atoms with E-state index in [1.165, 1.54) is 30.5 Å². The second-order valence-electron chi connectivity index (χ2n) is 4.08. The standard InChI is InChI=1S/C14H9Cl2FN2O3/c15-8-4-5-11(18-6-8)19-12(20)7-22-14(21)13-9(16)2-1-3-10(13)17/h1-6H,7H2,(H,18,19,20). The van der Waals surface area contributed by atoms with E-state index in [-0.39, 0.29) is 10.8 Å². The molecule has 0 radical (unpaired) electrons. The summed E-state index contributed by atoms with van der Waals surface area (Å²) in [4.78, 5) is 27.2. The third kappa shape index (κ3) is 4.16. The van der Waals surface area contributed by atoms with Gasteiger partial charge in [0.1, 0.15) is 17.2 Å². The predicted octanol–water partition coefficient (Wildman–Crippen LogP) is 3.32. The van der Waals surface area contributed by atoms with Crippen molar-refractivity contribution in [1.82, 2.24) is 4.98 Å². The molecule has 1 aromatic carbocycles. The molecule has 1 heterocycles. The highest BCUT2D eigenvalue weighted by Crippen LogP contribution is 2.19. The van der Waals surface area contributed by atoms with Gasteiger partial charge >= 0.3 is 5.97 Å². The molecule has 0 unspecified atom stereocenters. The Hall–Kier alpha value is -2.18. The molecule has 0 aliphatic heterocycles. The molecule has 0 atom stereocenters. The second kappa shape index (κ2) is 7.20. The molecule has 1 aromatic heterocycles. The minimum atomic E-state index is -1.03. The molecular weight excluding hydrogens is 334 g/mol. The van der Waals surface area contributed by atoms with E-state index in [1.54, 1.807) is 0 Å². The van der Waals surface area contributed by atoms with E-state index < -0.39 is 29.9 Å². The molecule has 114 valence electrons. The van der Waals surface area contributed by atoms with Crippen molar-refractivity contribution < 1.29 is 18.7 Å². The van der Waals surface area contributed by atoms with Crippen molar-refractivity contribution in [3.05, 3.63) is 58.0 Å². The van der Waals surface area contributed by atoms with Gasteiger partial charge in [-0.15, -0.1) is 0 Å². The molecule has 2 aromatic rings. The summed E-state index contributed by atoms with van der Waals surface area (Å²) < 4.78 is 18.2. The van der Waals surface area contributed by atoms with Crippen molar-refractivity contribution in [2.24, 2.45) is 0 Å². The monoisotopic (exact) mass is 342 g/mol. The fourth-order valence-electron chi connectivity index (χ4n) is 1.52. The van der Waals surface area contributed by atoms with Gasteiger partial charge in [-0.1, -0.05) is 29.3 Å². The van der Waals surface area contributed by atoms with Crippen LogP contribution in [0.1, 0.15) is 10.4 Å². The number of pyridine rings is 1. The molecular formula is C14H9Cl2FN2O3. The lowest BCUT2D eigenvalue weighted by Crippen LogP contribution is -2.22. The van der Waals surface area contributed by atoms with Crippen LogP contribution < -0.4 is 5.32 Å². The highest BCUT2D eigenvalue weighted by atomic mass is 35.5. The maximum absolute atomic E-state index is 13.5. The van der Waals surface area contributed by atoms with Gasteiger partial charge in [-0.3, -0.25) is 4.79 Å². The number of nitrogens with zero attached hydrogens (tertiary/aromatic N) is 1. The van der Waals surface area contributed by atoms with E-state index in [4.69, 9.17) is 27.9 Å². The zero-order valence-electron chi connectivity index (χ0n) is 11.0. The largest absolute Gasteiger partial charge is 0.452 e. The van der Waals surface area contributed by atoms with Crippen molar-refractivity contribution in [1.29, 1.82) is 0 Å². The number of nitrogens with one attached hydrogen (secondary N) is 1. The van der Waals surface area contributed by atoms with E-state index in [9.17, 15) is 14.0 Å². The van der Waals surface area contributed by atoms with Crippen molar-refractivity contribution in [2.75, 3.05) is 11.9 Å². The minimum absolute atomic E-state index is 0.0928. The highest BCUT2D eigenvalue weighted by Gasteiger charge is 2.18. The number of carbonyl (C=O) groups is 2. The Morgan fingerprint density at radius 3 is 2.64 bits per heavy atom. The lowest BCUT2D eigenvalue weighted by atomic mass is 10.2. The smallest absolute Gasteiger partial charge is 0.343 e. The van der Waals surface area contributed by atoms with Crippen LogP contribution in [0.15, 0.2) is 36.5 Å². The molecule has 0 aliphatic carbocycles. The summed E-state index contributed by atoms with van der Waals surface area (Å²) in [7, 11) is 0. The van der Waals surface area contributed by atoms with Gasteiger partial charge in [0.15, 0.2) is 6.61 Å². The van der Waals surface area contributed by atoms with E-state index in [0.29, 0.717) is 5.02 Å². The van der Waals surface area contributed by atoms with Gasteiger partial charge in [-0.05, 0) is 24.3 Å². The number of ether oxygens (including phenoxy) is 1. The number of anilines is 1. The summed E-state index contributed by atoms with van der Waals surface area (Å²) in [5.41, 5.74) is -0.415. The topological polar surface area (TPSA) is 68.3 Å². The van der Waals surface area contributed by atoms with Crippen LogP contribution in [0, 0.1) is 5.82 Å². The summed E-state index contributed by atoms with van der Waals surface area (Å²) in [5.74, 6) is -2.23. The summed E-state index contributed by atoms with van der Waals surface area (Å²) in [6, 6.07) is 6.79. The number of benzene rings is 1. The first-order chi connectivity index (χ1) is 10.5. The summed E-state index contributed by atoms with van der Waals surface area (Å²) >= 11 is 11.4. The maximum atomic E-state index is 13.5. The summed E-state index contributed by atoms with van der Waals surface area (Å²) in [5, 5.41) is 2.72. The van der Waals surface area contributed by atoms with Gasteiger partial charge < -0.3 is 10.1 Å². The normalized spacial score (nSPS) is 10.1. The molecule has 1 N–H and O–H groups in total. The van der Waals surface area contributed by atoms with Crippen LogP contribution in [-0.4, -0.2) is 23.5 Å². The first-order valence-electron chi connectivity index (χ1n) is 6.00. The first-order valence-corrected chi connectivity index (χ1v) is 6.75. The molecule has 0 aliphatic rings. The van der Waals surface area contributed by atoms with Gasteiger partial charge in [-0.2, -0.15) is 0 Å². The lowest BCUT2D eigenvalue weighted by Gasteiger charge is -2.07. The van der Waals surface area contributed by atoms with Crippen LogP contribution in [-0.2, 0) is 9.53 Å². The van der Waals surface area contributed by atoms with Crippen molar-refractivity contribution in [2.45, 2.75) is 0 Å². The van der Waals surface area contributed by atoms with E-state index >= 15 is 0 Å². The highest BCUT2D eigenvalue weighted by molar-refractivity contribution is 6.33. The molecule has 0 bridgehead atoms. The molecule has 0 spiro atoms. The number of hydrogen-bond acceptors (Lipinski definition) is 4. The SMILES string of the molecule is O=C(COC(=O)c1c(F)cccc1Cl)Nc1ccc(Cl)cn1. The fourth-order valence-corrected chi connectivity index (χ4v) is 1.88. The van der Waals surface area contributed by atoms with Gasteiger partial charge in [0.25, 0.3) is 5.91 Å². The van der Waals surface area contributed by atoms with Gasteiger partial charge in [0.2, 0.25) is 0 Å². The summed E-state index contributed by atoms with van der Waals surface area (Å²) in [6.45, 7) is -0.603. The van der Waals surface area contributed by atoms with Crippen molar-refractivity contribution in [3.63, 3.8) is 0 Å². The predicted molar refractivity (Wildman–Crippen MR) is 79.6 cm³/mol. The van der Waals surface area contributed by atoms with E-state index in [0.717, 1.165) is 6.07 Å². The number of carbonyl (C=O) groups excluding carboxylic acids is 2. The Kier molecular flexibility index (Phi) is 5.30. The van der Waals surface area contributed by atoms with Crippen LogP contribution in [0.4, 0.5) is 10.2 Å². The molecule has 1 amide bonds. The van der Waals surface area contributed by atoms with Crippen LogP contribution >= 0.6 is 23.2 Å². The van der Waals surface area contributed by atoms with Crippen molar-refractivity contribution in [3.8, 4) is 0 Å². The zero-order chi connectivity index (χ0) is 16.1. The number of hydrogen-bond donors (Lipinski definition) is 1. The molecule has 0 fully saturated rings. The average molecular weight is 343 g/mol. The van der Waals surface area contributed by atoms with Crippen LogP contribution in [0.2, 0.25) is 10.0 Å². The quantitative estimate of drug-likeness (QED) is 0.865. The molecule has 8 heteroatoms. The Balaban J connectivity index is 1.93. The van der Waals surface area contributed by atoms with Crippen molar-refractivity contribution >= 4 is 40.9 Å². The molecule has 0 saturated heterocycles. The number of amides is 1. The van der Waals surface area contributed by atoms with Crippen LogP contribution in [0.5, 0.6) is 0 Å². The zero-order valence-corrected chi connectivity index (χ0v) is 12.5.